The van der Waals surface area contributed by atoms with Gasteiger partial charge in [0.25, 0.3) is 10.0 Å². The van der Waals surface area contributed by atoms with Crippen LogP contribution >= 0.6 is 23.2 Å². The third-order valence-corrected chi connectivity index (χ3v) is 10.7. The number of carbonyl (C=O) groups excluding carboxylic acids is 2. The lowest BCUT2D eigenvalue weighted by Gasteiger charge is -2.33. The number of methoxy groups -OCH3 is 2. The molecule has 0 saturated heterocycles. The zero-order valence-corrected chi connectivity index (χ0v) is 29.1. The van der Waals surface area contributed by atoms with Crippen LogP contribution in [-0.4, -0.2) is 58.0 Å². The van der Waals surface area contributed by atoms with Gasteiger partial charge in [-0.15, -0.1) is 0 Å². The number of aryl methyl sites for hydroxylation is 2. The number of hydrogen-bond acceptors (Lipinski definition) is 6. The highest BCUT2D eigenvalue weighted by Crippen LogP contribution is 2.33. The van der Waals surface area contributed by atoms with Crippen LogP contribution in [0.5, 0.6) is 11.5 Å². The lowest BCUT2D eigenvalue weighted by atomic mass is 9.95. The second-order valence-electron chi connectivity index (χ2n) is 11.7. The molecule has 3 aromatic carbocycles. The van der Waals surface area contributed by atoms with E-state index in [1.54, 1.807) is 37.3 Å². The highest BCUT2D eigenvalue weighted by atomic mass is 35.5. The number of carbonyl (C=O) groups is 2. The van der Waals surface area contributed by atoms with Gasteiger partial charge in [0, 0.05) is 18.7 Å². The van der Waals surface area contributed by atoms with Gasteiger partial charge in [0.05, 0.1) is 34.8 Å². The summed E-state index contributed by atoms with van der Waals surface area (Å²) in [6.07, 6.45) is 4.95. The summed E-state index contributed by atoms with van der Waals surface area (Å²) in [5.74, 6) is -0.285. The molecule has 0 aromatic heterocycles. The third-order valence-electron chi connectivity index (χ3n) is 8.17. The zero-order valence-electron chi connectivity index (χ0n) is 26.8. The molecule has 12 heteroatoms. The standard InChI is InChI=1S/C34H41Cl2N3O6S/c1-22-15-23(2)17-27(16-22)39(46(42,43)28-12-14-31(44-4)32(19-28)45-5)21-33(40)38(20-25-11-13-29(35)30(36)18-25)24(3)34(41)37-26-9-7-6-8-10-26/h11-19,24,26H,6-10,20-21H2,1-5H3,(H,37,41)/t24-/m1/s1. The number of anilines is 1. The van der Waals surface area contributed by atoms with Gasteiger partial charge in [-0.1, -0.05) is 54.6 Å². The molecule has 4 rings (SSSR count). The third kappa shape index (κ3) is 8.46. The average molecular weight is 691 g/mol. The quantitative estimate of drug-likeness (QED) is 0.227. The monoisotopic (exact) mass is 689 g/mol. The molecule has 0 aliphatic heterocycles. The van der Waals surface area contributed by atoms with Crippen molar-refractivity contribution in [2.24, 2.45) is 0 Å². The molecule has 1 N–H and O–H groups in total. The fraction of sp³-hybridized carbons (Fsp3) is 0.412. The number of hydrogen-bond donors (Lipinski definition) is 1. The highest BCUT2D eigenvalue weighted by Gasteiger charge is 2.34. The van der Waals surface area contributed by atoms with Crippen molar-refractivity contribution >= 4 is 50.7 Å². The number of amides is 2. The minimum Gasteiger partial charge on any atom is -0.493 e. The van der Waals surface area contributed by atoms with Crippen molar-refractivity contribution in [3.05, 3.63) is 81.3 Å². The van der Waals surface area contributed by atoms with E-state index >= 15 is 0 Å². The van der Waals surface area contributed by atoms with Crippen LogP contribution < -0.4 is 19.1 Å². The molecular weight excluding hydrogens is 649 g/mol. The van der Waals surface area contributed by atoms with Gasteiger partial charge in [0.15, 0.2) is 11.5 Å². The van der Waals surface area contributed by atoms with Crippen molar-refractivity contribution in [1.29, 1.82) is 0 Å². The van der Waals surface area contributed by atoms with E-state index in [1.807, 2.05) is 19.9 Å². The van der Waals surface area contributed by atoms with E-state index in [9.17, 15) is 18.0 Å². The Morgan fingerprint density at radius 1 is 0.891 bits per heavy atom. The number of halogens is 2. The number of benzene rings is 3. The number of rotatable bonds is 12. The van der Waals surface area contributed by atoms with Gasteiger partial charge in [-0.3, -0.25) is 13.9 Å². The molecule has 0 radical (unpaired) electrons. The maximum absolute atomic E-state index is 14.3. The minimum atomic E-state index is -4.32. The van der Waals surface area contributed by atoms with E-state index in [0.717, 1.165) is 47.5 Å². The first-order valence-corrected chi connectivity index (χ1v) is 17.4. The summed E-state index contributed by atoms with van der Waals surface area (Å²) in [6, 6.07) is 13.7. The topological polar surface area (TPSA) is 105 Å². The molecule has 1 saturated carbocycles. The molecule has 3 aromatic rings. The molecule has 1 aliphatic rings. The van der Waals surface area contributed by atoms with Gasteiger partial charge in [-0.25, -0.2) is 8.42 Å². The van der Waals surface area contributed by atoms with Crippen molar-refractivity contribution in [1.82, 2.24) is 10.2 Å². The van der Waals surface area contributed by atoms with E-state index in [0.29, 0.717) is 27.0 Å². The molecule has 2 amide bonds. The SMILES string of the molecule is COc1ccc(S(=O)(=O)N(CC(=O)N(Cc2ccc(Cl)c(Cl)c2)[C@H](C)C(=O)NC2CCCCC2)c2cc(C)cc(C)c2)cc1OC. The summed E-state index contributed by atoms with van der Waals surface area (Å²) < 4.78 is 40.4. The van der Waals surface area contributed by atoms with Gasteiger partial charge in [-0.2, -0.15) is 0 Å². The number of nitrogens with one attached hydrogen (secondary N) is 1. The molecule has 46 heavy (non-hydrogen) atoms. The van der Waals surface area contributed by atoms with E-state index < -0.39 is 28.5 Å². The summed E-state index contributed by atoms with van der Waals surface area (Å²) in [6.45, 7) is 4.80. The Morgan fingerprint density at radius 2 is 1.54 bits per heavy atom. The number of ether oxygens (including phenoxy) is 2. The van der Waals surface area contributed by atoms with Crippen LogP contribution in [0.25, 0.3) is 0 Å². The van der Waals surface area contributed by atoms with E-state index in [1.165, 1.54) is 37.3 Å². The van der Waals surface area contributed by atoms with Crippen molar-refractivity contribution < 1.29 is 27.5 Å². The van der Waals surface area contributed by atoms with Gasteiger partial charge in [0.2, 0.25) is 11.8 Å². The molecular formula is C34H41Cl2N3O6S. The summed E-state index contributed by atoms with van der Waals surface area (Å²) in [4.78, 5) is 29.2. The molecule has 248 valence electrons. The van der Waals surface area contributed by atoms with Gasteiger partial charge in [0.1, 0.15) is 12.6 Å². The Kier molecular flexibility index (Phi) is 11.9. The Labute approximate surface area is 281 Å². The summed E-state index contributed by atoms with van der Waals surface area (Å²) in [5.41, 5.74) is 2.60. The predicted molar refractivity (Wildman–Crippen MR) is 181 cm³/mol. The number of nitrogens with zero attached hydrogens (tertiary/aromatic N) is 2. The van der Waals surface area contributed by atoms with E-state index in [2.05, 4.69) is 5.32 Å². The lowest BCUT2D eigenvalue weighted by molar-refractivity contribution is -0.139. The fourth-order valence-corrected chi connectivity index (χ4v) is 7.45. The van der Waals surface area contributed by atoms with Crippen LogP contribution in [0.3, 0.4) is 0 Å². The van der Waals surface area contributed by atoms with Crippen molar-refractivity contribution in [3.63, 3.8) is 0 Å². The highest BCUT2D eigenvalue weighted by molar-refractivity contribution is 7.92. The Hall–Kier alpha value is -3.47. The molecule has 0 unspecified atom stereocenters. The first-order valence-electron chi connectivity index (χ1n) is 15.2. The zero-order chi connectivity index (χ0) is 33.6. The van der Waals surface area contributed by atoms with Gasteiger partial charge >= 0.3 is 0 Å². The molecule has 1 fully saturated rings. The maximum atomic E-state index is 14.3. The molecule has 9 nitrogen and oxygen atoms in total. The van der Waals surface area contributed by atoms with Gasteiger partial charge in [-0.05, 0) is 86.7 Å². The summed E-state index contributed by atoms with van der Waals surface area (Å²) >= 11 is 12.4. The smallest absolute Gasteiger partial charge is 0.264 e. The normalized spacial score (nSPS) is 14.3. The van der Waals surface area contributed by atoms with Crippen molar-refractivity contribution in [2.45, 2.75) is 76.4 Å². The molecule has 1 atom stereocenters. The van der Waals surface area contributed by atoms with Crippen LogP contribution in [0.4, 0.5) is 5.69 Å². The van der Waals surface area contributed by atoms with Crippen molar-refractivity contribution in [3.8, 4) is 11.5 Å². The van der Waals surface area contributed by atoms with Crippen LogP contribution in [-0.2, 0) is 26.2 Å². The first-order chi connectivity index (χ1) is 21.8. The predicted octanol–water partition coefficient (Wildman–Crippen LogP) is 6.69. The van der Waals surface area contributed by atoms with Crippen molar-refractivity contribution in [2.75, 3.05) is 25.1 Å². The Morgan fingerprint density at radius 3 is 2.15 bits per heavy atom. The maximum Gasteiger partial charge on any atom is 0.264 e. The van der Waals surface area contributed by atoms with E-state index in [-0.39, 0.29) is 29.1 Å². The van der Waals surface area contributed by atoms with Crippen LogP contribution in [0.1, 0.15) is 55.7 Å². The van der Waals surface area contributed by atoms with E-state index in [4.69, 9.17) is 32.7 Å². The lowest BCUT2D eigenvalue weighted by Crippen LogP contribution is -2.53. The first kappa shape index (κ1) is 35.4. The van der Waals surface area contributed by atoms with Crippen LogP contribution in [0, 0.1) is 13.8 Å². The summed E-state index contributed by atoms with van der Waals surface area (Å²) in [5, 5.41) is 3.76. The molecule has 1 aliphatic carbocycles. The average Bonchev–Trinajstić information content (AvgIpc) is 3.03. The minimum absolute atomic E-state index is 0.00602. The Balaban J connectivity index is 1.75. The van der Waals surface area contributed by atoms with Gasteiger partial charge < -0.3 is 19.7 Å². The fourth-order valence-electron chi connectivity index (χ4n) is 5.71. The molecule has 0 spiro atoms. The molecule has 0 heterocycles. The largest absolute Gasteiger partial charge is 0.493 e. The van der Waals surface area contributed by atoms with Crippen LogP contribution in [0.2, 0.25) is 10.0 Å². The second kappa shape index (κ2) is 15.4. The summed E-state index contributed by atoms with van der Waals surface area (Å²) in [7, 11) is -1.44. The molecule has 0 bridgehead atoms. The Bertz CT molecular complexity index is 1660. The van der Waals surface area contributed by atoms with Crippen LogP contribution in [0.15, 0.2) is 59.5 Å². The number of sulfonamides is 1. The second-order valence-corrected chi connectivity index (χ2v) is 14.3.